The van der Waals surface area contributed by atoms with Gasteiger partial charge in [0.05, 0.1) is 6.61 Å². The molecule has 0 unspecified atom stereocenters. The molecule has 0 saturated carbocycles. The summed E-state index contributed by atoms with van der Waals surface area (Å²) in [6.45, 7) is 2.15. The number of halogens is 1. The van der Waals surface area contributed by atoms with Gasteiger partial charge in [-0.2, -0.15) is 5.10 Å². The van der Waals surface area contributed by atoms with Crippen molar-refractivity contribution >= 4 is 0 Å². The van der Waals surface area contributed by atoms with E-state index in [0.29, 0.717) is 40.5 Å². The zero-order chi connectivity index (χ0) is 21.8. The van der Waals surface area contributed by atoms with Crippen molar-refractivity contribution in [2.75, 3.05) is 6.61 Å². The van der Waals surface area contributed by atoms with Gasteiger partial charge in [-0.3, -0.25) is 4.79 Å². The molecule has 0 saturated heterocycles. The smallest absolute Gasteiger partial charge is 0.267 e. The van der Waals surface area contributed by atoms with Crippen molar-refractivity contribution in [3.63, 3.8) is 0 Å². The van der Waals surface area contributed by atoms with E-state index in [-0.39, 0.29) is 11.3 Å². The van der Waals surface area contributed by atoms with Gasteiger partial charge in [0, 0.05) is 24.2 Å². The highest BCUT2D eigenvalue weighted by molar-refractivity contribution is 5.83. The van der Waals surface area contributed by atoms with E-state index < -0.39 is 5.82 Å². The van der Waals surface area contributed by atoms with E-state index in [1.807, 2.05) is 54.6 Å². The first kappa shape index (κ1) is 20.3. The highest BCUT2D eigenvalue weighted by Crippen LogP contribution is 2.37. The Morgan fingerprint density at radius 1 is 0.903 bits per heavy atom. The molecule has 0 amide bonds. The highest BCUT2D eigenvalue weighted by atomic mass is 19.1. The Bertz CT molecular complexity index is 1270. The molecule has 0 atom stereocenters. The van der Waals surface area contributed by atoms with Crippen LogP contribution in [0.5, 0.6) is 17.2 Å². The van der Waals surface area contributed by atoms with Gasteiger partial charge in [0.2, 0.25) is 0 Å². The van der Waals surface area contributed by atoms with Crippen LogP contribution in [0.1, 0.15) is 6.92 Å². The van der Waals surface area contributed by atoms with Crippen molar-refractivity contribution in [3.8, 4) is 39.6 Å². The molecule has 31 heavy (non-hydrogen) atoms. The van der Waals surface area contributed by atoms with Crippen LogP contribution in [0.4, 0.5) is 4.39 Å². The van der Waals surface area contributed by atoms with Gasteiger partial charge in [0.15, 0.2) is 11.6 Å². The molecule has 0 bridgehead atoms. The van der Waals surface area contributed by atoms with Gasteiger partial charge in [0.25, 0.3) is 5.56 Å². The van der Waals surface area contributed by atoms with Crippen molar-refractivity contribution in [2.45, 2.75) is 6.92 Å². The summed E-state index contributed by atoms with van der Waals surface area (Å²) in [5.74, 6) is 0.915. The van der Waals surface area contributed by atoms with Gasteiger partial charge >= 0.3 is 0 Å². The Kier molecular flexibility index (Phi) is 5.80. The lowest BCUT2D eigenvalue weighted by Crippen LogP contribution is -2.19. The van der Waals surface area contributed by atoms with Crippen LogP contribution in [0, 0.1) is 5.82 Å². The highest BCUT2D eigenvalue weighted by Gasteiger charge is 2.17. The molecule has 0 radical (unpaired) electrons. The molecule has 6 heteroatoms. The number of hydrogen-bond acceptors (Lipinski definition) is 4. The Hall–Kier alpha value is -3.93. The molecule has 0 spiro atoms. The lowest BCUT2D eigenvalue weighted by Gasteiger charge is -2.15. The molecular formula is C25H21FN2O3. The number of nitrogens with zero attached hydrogens (tertiary/aromatic N) is 2. The van der Waals surface area contributed by atoms with Crippen molar-refractivity contribution in [1.82, 2.24) is 9.78 Å². The molecule has 1 aromatic heterocycles. The number of para-hydroxylation sites is 2. The number of aromatic nitrogens is 2. The van der Waals surface area contributed by atoms with E-state index in [1.54, 1.807) is 26.1 Å². The summed E-state index contributed by atoms with van der Waals surface area (Å²) in [5, 5.41) is 4.48. The molecule has 156 valence electrons. The zero-order valence-corrected chi connectivity index (χ0v) is 17.2. The van der Waals surface area contributed by atoms with E-state index in [0.717, 1.165) is 0 Å². The average Bonchev–Trinajstić information content (AvgIpc) is 2.78. The second kappa shape index (κ2) is 8.83. The fraction of sp³-hybridized carbons (Fsp3) is 0.120. The molecular weight excluding hydrogens is 395 g/mol. The quantitative estimate of drug-likeness (QED) is 0.420. The Morgan fingerprint density at radius 3 is 2.39 bits per heavy atom. The summed E-state index contributed by atoms with van der Waals surface area (Å²) < 4.78 is 27.2. The van der Waals surface area contributed by atoms with Crippen LogP contribution in [-0.4, -0.2) is 16.4 Å². The van der Waals surface area contributed by atoms with Gasteiger partial charge < -0.3 is 9.47 Å². The Labute approximate surface area is 179 Å². The zero-order valence-electron chi connectivity index (χ0n) is 17.2. The van der Waals surface area contributed by atoms with Crippen LogP contribution in [0.2, 0.25) is 0 Å². The Balaban J connectivity index is 1.86. The maximum atomic E-state index is 14.6. The number of hydrogen-bond donors (Lipinski definition) is 0. The van der Waals surface area contributed by atoms with Crippen molar-refractivity contribution in [3.05, 3.63) is 95.0 Å². The third kappa shape index (κ3) is 4.33. The lowest BCUT2D eigenvalue weighted by molar-refractivity contribution is 0.321. The predicted octanol–water partition coefficient (Wildman–Crippen LogP) is 5.44. The van der Waals surface area contributed by atoms with E-state index in [9.17, 15) is 9.18 Å². The number of aryl methyl sites for hydroxylation is 1. The van der Waals surface area contributed by atoms with E-state index >= 15 is 0 Å². The maximum Gasteiger partial charge on any atom is 0.267 e. The van der Waals surface area contributed by atoms with Crippen LogP contribution in [-0.2, 0) is 7.05 Å². The van der Waals surface area contributed by atoms with Crippen molar-refractivity contribution in [1.29, 1.82) is 0 Å². The molecule has 4 aromatic rings. The minimum absolute atomic E-state index is 0.164. The van der Waals surface area contributed by atoms with Gasteiger partial charge in [-0.1, -0.05) is 36.4 Å². The molecule has 0 aliphatic heterocycles. The van der Waals surface area contributed by atoms with Gasteiger partial charge in [0.1, 0.15) is 17.2 Å². The first-order valence-corrected chi connectivity index (χ1v) is 9.90. The standard InChI is InChI=1S/C25H21FN2O3/c1-3-30-23-14-13-17(15-21(23)26)20-16-24(29)28(2)27-25(20)19-11-7-8-12-22(19)31-18-9-5-4-6-10-18/h4-16H,3H2,1-2H3. The van der Waals surface area contributed by atoms with Crippen LogP contribution in [0.3, 0.4) is 0 Å². The van der Waals surface area contributed by atoms with E-state index in [2.05, 4.69) is 5.10 Å². The van der Waals surface area contributed by atoms with Crippen molar-refractivity contribution < 1.29 is 13.9 Å². The molecule has 3 aromatic carbocycles. The molecule has 0 N–H and O–H groups in total. The third-order valence-electron chi connectivity index (χ3n) is 4.75. The number of benzene rings is 3. The van der Waals surface area contributed by atoms with E-state index in [1.165, 1.54) is 16.8 Å². The molecule has 0 fully saturated rings. The van der Waals surface area contributed by atoms with Crippen LogP contribution < -0.4 is 15.0 Å². The minimum Gasteiger partial charge on any atom is -0.491 e. The van der Waals surface area contributed by atoms with Crippen LogP contribution in [0.15, 0.2) is 83.7 Å². The van der Waals surface area contributed by atoms with Crippen LogP contribution >= 0.6 is 0 Å². The fourth-order valence-electron chi connectivity index (χ4n) is 3.27. The third-order valence-corrected chi connectivity index (χ3v) is 4.75. The first-order chi connectivity index (χ1) is 15.1. The SMILES string of the molecule is CCOc1ccc(-c2cc(=O)n(C)nc2-c2ccccc2Oc2ccccc2)cc1F. The minimum atomic E-state index is -0.500. The normalized spacial score (nSPS) is 10.7. The van der Waals surface area contributed by atoms with Crippen LogP contribution in [0.25, 0.3) is 22.4 Å². The second-order valence-electron chi connectivity index (χ2n) is 6.86. The number of ether oxygens (including phenoxy) is 2. The fourth-order valence-corrected chi connectivity index (χ4v) is 3.27. The molecule has 4 rings (SSSR count). The van der Waals surface area contributed by atoms with Gasteiger partial charge in [-0.15, -0.1) is 0 Å². The second-order valence-corrected chi connectivity index (χ2v) is 6.86. The topological polar surface area (TPSA) is 53.4 Å². The summed E-state index contributed by atoms with van der Waals surface area (Å²) in [7, 11) is 1.58. The monoisotopic (exact) mass is 416 g/mol. The summed E-state index contributed by atoms with van der Waals surface area (Å²) in [4.78, 5) is 12.4. The average molecular weight is 416 g/mol. The molecule has 0 aliphatic rings. The largest absolute Gasteiger partial charge is 0.491 e. The van der Waals surface area contributed by atoms with E-state index in [4.69, 9.17) is 9.47 Å². The maximum absolute atomic E-state index is 14.6. The predicted molar refractivity (Wildman–Crippen MR) is 118 cm³/mol. The molecule has 0 aliphatic carbocycles. The summed E-state index contributed by atoms with van der Waals surface area (Å²) >= 11 is 0. The summed E-state index contributed by atoms with van der Waals surface area (Å²) in [6, 6.07) is 22.9. The first-order valence-electron chi connectivity index (χ1n) is 9.90. The Morgan fingerprint density at radius 2 is 1.65 bits per heavy atom. The lowest BCUT2D eigenvalue weighted by atomic mass is 9.99. The number of rotatable bonds is 6. The molecule has 5 nitrogen and oxygen atoms in total. The summed E-state index contributed by atoms with van der Waals surface area (Å²) in [5.41, 5.74) is 1.93. The van der Waals surface area contributed by atoms with Gasteiger partial charge in [-0.05, 0) is 48.9 Å². The molecule has 1 heterocycles. The van der Waals surface area contributed by atoms with Crippen molar-refractivity contribution in [2.24, 2.45) is 7.05 Å². The van der Waals surface area contributed by atoms with Gasteiger partial charge in [-0.25, -0.2) is 9.07 Å². The summed E-state index contributed by atoms with van der Waals surface area (Å²) in [6.07, 6.45) is 0.